The minimum absolute atomic E-state index is 0.711. The Morgan fingerprint density at radius 3 is 2.90 bits per heavy atom. The van der Waals surface area contributed by atoms with Crippen LogP contribution in [0.4, 0.5) is 0 Å². The molecule has 0 saturated heterocycles. The van der Waals surface area contributed by atoms with Crippen molar-refractivity contribution in [2.24, 2.45) is 10.1 Å². The van der Waals surface area contributed by atoms with Crippen LogP contribution in [0.5, 0.6) is 0 Å². The lowest BCUT2D eigenvalue weighted by Crippen LogP contribution is -2.12. The molecule has 106 valence electrons. The molecule has 3 rings (SSSR count). The highest BCUT2D eigenvalue weighted by molar-refractivity contribution is 7.07. The molecule has 0 aromatic carbocycles. The monoisotopic (exact) mass is 298 g/mol. The number of furan rings is 1. The summed E-state index contributed by atoms with van der Waals surface area (Å²) in [7, 11) is 0. The van der Waals surface area contributed by atoms with Crippen LogP contribution in [0.3, 0.4) is 0 Å². The molecule has 3 aromatic heterocycles. The van der Waals surface area contributed by atoms with Gasteiger partial charge in [0.25, 0.3) is 0 Å². The first-order chi connectivity index (χ1) is 10.4. The second-order valence-corrected chi connectivity index (χ2v) is 5.03. The second-order valence-electron chi connectivity index (χ2n) is 4.19. The molecule has 0 aliphatic heterocycles. The molecule has 6 heteroatoms. The second kappa shape index (κ2) is 6.32. The van der Waals surface area contributed by atoms with Gasteiger partial charge in [-0.15, -0.1) is 11.3 Å². The lowest BCUT2D eigenvalue weighted by Gasteiger charge is -2.00. The van der Waals surface area contributed by atoms with Crippen LogP contribution < -0.4 is 4.80 Å². The molecule has 3 aromatic rings. The lowest BCUT2D eigenvalue weighted by atomic mass is 10.3. The standard InChI is InChI=1S/C15H14N4OS/c1-2-17-15-19(18-10-12-5-7-16-8-6-12)13(11-21-15)14-4-3-9-20-14/h3-11H,2H2,1H3. The Labute approximate surface area is 125 Å². The topological polar surface area (TPSA) is 55.7 Å². The summed E-state index contributed by atoms with van der Waals surface area (Å²) in [6, 6.07) is 7.58. The summed E-state index contributed by atoms with van der Waals surface area (Å²) in [5.74, 6) is 0.774. The molecule has 0 atom stereocenters. The van der Waals surface area contributed by atoms with Gasteiger partial charge < -0.3 is 4.42 Å². The van der Waals surface area contributed by atoms with Crippen molar-refractivity contribution in [1.82, 2.24) is 9.66 Å². The molecular formula is C15H14N4OS. The molecule has 0 N–H and O–H groups in total. The molecule has 0 amide bonds. The molecular weight excluding hydrogens is 284 g/mol. The Balaban J connectivity index is 2.05. The molecule has 3 heterocycles. The molecule has 0 radical (unpaired) electrons. The van der Waals surface area contributed by atoms with Crippen LogP contribution in [0.1, 0.15) is 12.5 Å². The third-order valence-corrected chi connectivity index (χ3v) is 3.63. The van der Waals surface area contributed by atoms with Crippen LogP contribution in [0.15, 0.2) is 62.8 Å². The molecule has 0 aliphatic carbocycles. The quantitative estimate of drug-likeness (QED) is 0.695. The summed E-state index contributed by atoms with van der Waals surface area (Å²) < 4.78 is 7.26. The van der Waals surface area contributed by atoms with Crippen LogP contribution in [0.25, 0.3) is 11.5 Å². The van der Waals surface area contributed by atoms with Crippen LogP contribution in [0.2, 0.25) is 0 Å². The van der Waals surface area contributed by atoms with E-state index in [4.69, 9.17) is 4.42 Å². The van der Waals surface area contributed by atoms with Crippen molar-refractivity contribution in [2.45, 2.75) is 6.92 Å². The predicted molar refractivity (Wildman–Crippen MR) is 83.3 cm³/mol. The van der Waals surface area contributed by atoms with Crippen molar-refractivity contribution in [3.63, 3.8) is 0 Å². The van der Waals surface area contributed by atoms with Gasteiger partial charge in [-0.05, 0) is 36.8 Å². The molecule has 5 nitrogen and oxygen atoms in total. The summed E-state index contributed by atoms with van der Waals surface area (Å²) in [5, 5.41) is 6.53. The molecule has 0 aliphatic rings. The van der Waals surface area contributed by atoms with Gasteiger partial charge in [-0.1, -0.05) is 0 Å². The number of nitrogens with zero attached hydrogens (tertiary/aromatic N) is 4. The van der Waals surface area contributed by atoms with Crippen molar-refractivity contribution in [1.29, 1.82) is 0 Å². The van der Waals surface area contributed by atoms with E-state index in [0.29, 0.717) is 6.54 Å². The number of hydrogen-bond donors (Lipinski definition) is 0. The third kappa shape index (κ3) is 3.00. The maximum Gasteiger partial charge on any atom is 0.206 e. The van der Waals surface area contributed by atoms with E-state index >= 15 is 0 Å². The fourth-order valence-electron chi connectivity index (χ4n) is 1.82. The fourth-order valence-corrected chi connectivity index (χ4v) is 2.71. The van der Waals surface area contributed by atoms with E-state index in [1.807, 2.05) is 36.6 Å². The molecule has 0 bridgehead atoms. The Kier molecular flexibility index (Phi) is 4.07. The highest BCUT2D eigenvalue weighted by atomic mass is 32.1. The van der Waals surface area contributed by atoms with Gasteiger partial charge in [-0.25, -0.2) is 4.68 Å². The summed E-state index contributed by atoms with van der Waals surface area (Å²) >= 11 is 1.54. The van der Waals surface area contributed by atoms with Crippen molar-refractivity contribution in [3.05, 3.63) is 58.7 Å². The van der Waals surface area contributed by atoms with E-state index in [-0.39, 0.29) is 0 Å². The molecule has 0 spiro atoms. The normalized spacial score (nSPS) is 12.3. The Morgan fingerprint density at radius 1 is 1.33 bits per heavy atom. The molecule has 0 unspecified atom stereocenters. The average molecular weight is 298 g/mol. The van der Waals surface area contributed by atoms with Crippen LogP contribution >= 0.6 is 11.3 Å². The van der Waals surface area contributed by atoms with E-state index < -0.39 is 0 Å². The maximum atomic E-state index is 5.46. The first-order valence-corrected chi connectivity index (χ1v) is 7.45. The molecule has 0 fully saturated rings. The highest BCUT2D eigenvalue weighted by Crippen LogP contribution is 2.20. The van der Waals surface area contributed by atoms with Gasteiger partial charge in [0.1, 0.15) is 5.69 Å². The minimum atomic E-state index is 0.711. The van der Waals surface area contributed by atoms with E-state index in [2.05, 4.69) is 15.1 Å². The van der Waals surface area contributed by atoms with E-state index in [9.17, 15) is 0 Å². The van der Waals surface area contributed by atoms with Gasteiger partial charge in [0.2, 0.25) is 4.80 Å². The Bertz CT molecular complexity index is 785. The van der Waals surface area contributed by atoms with Crippen LogP contribution in [-0.2, 0) is 0 Å². The summed E-state index contributed by atoms with van der Waals surface area (Å²) in [6.45, 7) is 2.71. The zero-order valence-electron chi connectivity index (χ0n) is 11.5. The first-order valence-electron chi connectivity index (χ1n) is 6.58. The van der Waals surface area contributed by atoms with Gasteiger partial charge in [0.15, 0.2) is 5.76 Å². The lowest BCUT2D eigenvalue weighted by molar-refractivity contribution is 0.575. The summed E-state index contributed by atoms with van der Waals surface area (Å²) in [5.41, 5.74) is 1.87. The first kappa shape index (κ1) is 13.5. The number of rotatable bonds is 4. The van der Waals surface area contributed by atoms with Crippen LogP contribution in [0, 0.1) is 0 Å². The minimum Gasteiger partial charge on any atom is -0.463 e. The van der Waals surface area contributed by atoms with Crippen molar-refractivity contribution < 1.29 is 4.42 Å². The fraction of sp³-hybridized carbons (Fsp3) is 0.133. The largest absolute Gasteiger partial charge is 0.463 e. The van der Waals surface area contributed by atoms with E-state index in [1.165, 1.54) is 0 Å². The smallest absolute Gasteiger partial charge is 0.206 e. The van der Waals surface area contributed by atoms with Crippen molar-refractivity contribution >= 4 is 17.6 Å². The number of pyridine rings is 1. The zero-order chi connectivity index (χ0) is 14.5. The maximum absolute atomic E-state index is 5.46. The van der Waals surface area contributed by atoms with Crippen LogP contribution in [-0.4, -0.2) is 22.4 Å². The molecule has 0 saturated carbocycles. The van der Waals surface area contributed by atoms with E-state index in [1.54, 1.807) is 40.9 Å². The number of thiazole rings is 1. The number of aromatic nitrogens is 2. The third-order valence-electron chi connectivity index (χ3n) is 2.78. The van der Waals surface area contributed by atoms with Gasteiger partial charge in [-0.3, -0.25) is 9.98 Å². The van der Waals surface area contributed by atoms with Gasteiger partial charge in [-0.2, -0.15) is 5.10 Å². The average Bonchev–Trinajstić information content (AvgIpc) is 3.16. The predicted octanol–water partition coefficient (Wildman–Crippen LogP) is 3.01. The SMILES string of the molecule is CCN=c1scc(-c2ccco2)n1N=Cc1ccncc1. The summed E-state index contributed by atoms with van der Waals surface area (Å²) in [6.07, 6.45) is 6.92. The van der Waals surface area contributed by atoms with Gasteiger partial charge in [0.05, 0.1) is 12.5 Å². The molecule has 21 heavy (non-hydrogen) atoms. The van der Waals surface area contributed by atoms with E-state index in [0.717, 1.165) is 21.8 Å². The summed E-state index contributed by atoms with van der Waals surface area (Å²) in [4.78, 5) is 9.30. The zero-order valence-corrected chi connectivity index (χ0v) is 12.3. The highest BCUT2D eigenvalue weighted by Gasteiger charge is 2.09. The Morgan fingerprint density at radius 2 is 2.19 bits per heavy atom. The van der Waals surface area contributed by atoms with Gasteiger partial charge in [0, 0.05) is 24.3 Å². The Hall–Kier alpha value is -2.47. The van der Waals surface area contributed by atoms with Gasteiger partial charge >= 0.3 is 0 Å². The van der Waals surface area contributed by atoms with Crippen molar-refractivity contribution in [3.8, 4) is 11.5 Å². The number of hydrogen-bond acceptors (Lipinski definition) is 5. The van der Waals surface area contributed by atoms with Crippen molar-refractivity contribution in [2.75, 3.05) is 6.54 Å².